The lowest BCUT2D eigenvalue weighted by Crippen LogP contribution is -2.57. The molecule has 1 saturated heterocycles. The molecule has 3 heteroatoms. The van der Waals surface area contributed by atoms with Gasteiger partial charge in [-0.25, -0.2) is 0 Å². The van der Waals surface area contributed by atoms with Crippen molar-refractivity contribution in [2.24, 2.45) is 11.7 Å². The summed E-state index contributed by atoms with van der Waals surface area (Å²) in [6.07, 6.45) is 5.71. The number of hydrogen-bond donors (Lipinski definition) is 1. The lowest BCUT2D eigenvalue weighted by Gasteiger charge is -2.48. The first-order valence-electron chi connectivity index (χ1n) is 7.14. The summed E-state index contributed by atoms with van der Waals surface area (Å²) in [4.78, 5) is 2.64. The molecular weight excluding hydrogens is 212 g/mol. The van der Waals surface area contributed by atoms with Gasteiger partial charge in [0.15, 0.2) is 0 Å². The highest BCUT2D eigenvalue weighted by atomic mass is 16.5. The molecule has 1 saturated carbocycles. The Kier molecular flexibility index (Phi) is 4.11. The van der Waals surface area contributed by atoms with Crippen LogP contribution in [-0.4, -0.2) is 42.3 Å². The summed E-state index contributed by atoms with van der Waals surface area (Å²) >= 11 is 0. The van der Waals surface area contributed by atoms with Crippen LogP contribution >= 0.6 is 0 Å². The Morgan fingerprint density at radius 3 is 2.65 bits per heavy atom. The van der Waals surface area contributed by atoms with Crippen molar-refractivity contribution >= 4 is 0 Å². The molecule has 100 valence electrons. The van der Waals surface area contributed by atoms with Crippen molar-refractivity contribution in [3.05, 3.63) is 0 Å². The Morgan fingerprint density at radius 2 is 2.00 bits per heavy atom. The predicted molar refractivity (Wildman–Crippen MR) is 71.0 cm³/mol. The second-order valence-corrected chi connectivity index (χ2v) is 6.47. The van der Waals surface area contributed by atoms with E-state index in [-0.39, 0.29) is 5.60 Å². The van der Waals surface area contributed by atoms with Crippen molar-refractivity contribution in [1.82, 2.24) is 4.90 Å². The van der Waals surface area contributed by atoms with Crippen molar-refractivity contribution in [2.45, 2.75) is 64.2 Å². The van der Waals surface area contributed by atoms with Gasteiger partial charge in [-0.2, -0.15) is 0 Å². The first-order chi connectivity index (χ1) is 8.02. The molecule has 0 spiro atoms. The number of rotatable bonds is 2. The summed E-state index contributed by atoms with van der Waals surface area (Å²) in [5, 5.41) is 0. The van der Waals surface area contributed by atoms with Gasteiger partial charge in [-0.1, -0.05) is 12.8 Å². The number of morpholine rings is 1. The van der Waals surface area contributed by atoms with Crippen LogP contribution in [0, 0.1) is 5.92 Å². The van der Waals surface area contributed by atoms with Crippen molar-refractivity contribution < 1.29 is 4.74 Å². The number of hydrogen-bond acceptors (Lipinski definition) is 3. The van der Waals surface area contributed by atoms with Gasteiger partial charge >= 0.3 is 0 Å². The monoisotopic (exact) mass is 240 g/mol. The van der Waals surface area contributed by atoms with Gasteiger partial charge < -0.3 is 10.5 Å². The van der Waals surface area contributed by atoms with Crippen LogP contribution < -0.4 is 5.73 Å². The molecule has 0 aromatic carbocycles. The van der Waals surface area contributed by atoms with Crippen LogP contribution in [0.5, 0.6) is 0 Å². The van der Waals surface area contributed by atoms with E-state index < -0.39 is 0 Å². The largest absolute Gasteiger partial charge is 0.370 e. The lowest BCUT2D eigenvalue weighted by molar-refractivity contribution is -0.144. The molecule has 1 heterocycles. The zero-order valence-corrected chi connectivity index (χ0v) is 11.6. The molecule has 0 bridgehead atoms. The minimum Gasteiger partial charge on any atom is -0.370 e. The maximum absolute atomic E-state index is 5.99. The summed E-state index contributed by atoms with van der Waals surface area (Å²) in [5.41, 5.74) is 5.94. The zero-order chi connectivity index (χ0) is 12.5. The summed E-state index contributed by atoms with van der Waals surface area (Å²) in [7, 11) is 0. The Morgan fingerprint density at radius 1 is 1.29 bits per heavy atom. The van der Waals surface area contributed by atoms with E-state index in [1.165, 1.54) is 25.7 Å². The van der Waals surface area contributed by atoms with Crippen LogP contribution in [0.25, 0.3) is 0 Å². The van der Waals surface area contributed by atoms with E-state index in [0.29, 0.717) is 18.1 Å². The number of nitrogens with two attached hydrogens (primary N) is 1. The summed E-state index contributed by atoms with van der Waals surface area (Å²) < 4.78 is 5.99. The molecule has 0 aromatic rings. The molecule has 3 nitrogen and oxygen atoms in total. The SMILES string of the molecule is CC1CN(C2CCCCC2CN)CC(C)(C)O1. The molecule has 0 aromatic heterocycles. The van der Waals surface area contributed by atoms with Crippen molar-refractivity contribution in [3.8, 4) is 0 Å². The summed E-state index contributed by atoms with van der Waals surface area (Å²) in [6.45, 7) is 9.57. The predicted octanol–water partition coefficient (Wildman–Crippen LogP) is 2.00. The van der Waals surface area contributed by atoms with E-state index >= 15 is 0 Å². The van der Waals surface area contributed by atoms with Gasteiger partial charge in [0.1, 0.15) is 0 Å². The molecule has 2 aliphatic rings. The van der Waals surface area contributed by atoms with E-state index in [1.54, 1.807) is 0 Å². The normalized spacial score (nSPS) is 39.2. The highest BCUT2D eigenvalue weighted by Crippen LogP contribution is 2.32. The van der Waals surface area contributed by atoms with Crippen LogP contribution in [0.3, 0.4) is 0 Å². The fourth-order valence-electron chi connectivity index (χ4n) is 3.70. The van der Waals surface area contributed by atoms with Crippen LogP contribution in [0.2, 0.25) is 0 Å². The quantitative estimate of drug-likeness (QED) is 0.802. The van der Waals surface area contributed by atoms with Gasteiger partial charge in [-0.15, -0.1) is 0 Å². The van der Waals surface area contributed by atoms with E-state index in [2.05, 4.69) is 25.7 Å². The summed E-state index contributed by atoms with van der Waals surface area (Å²) in [6, 6.07) is 0.694. The molecule has 2 rings (SSSR count). The van der Waals surface area contributed by atoms with E-state index in [4.69, 9.17) is 10.5 Å². The Bertz CT molecular complexity index is 255. The molecular formula is C14H28N2O. The minimum absolute atomic E-state index is 0.00569. The number of ether oxygens (including phenoxy) is 1. The van der Waals surface area contributed by atoms with Crippen LogP contribution in [0.15, 0.2) is 0 Å². The van der Waals surface area contributed by atoms with Crippen LogP contribution in [0.4, 0.5) is 0 Å². The Hall–Kier alpha value is -0.120. The maximum atomic E-state index is 5.99. The Labute approximate surface area is 106 Å². The first kappa shape index (κ1) is 13.3. The average Bonchev–Trinajstić information content (AvgIpc) is 2.26. The van der Waals surface area contributed by atoms with Crippen molar-refractivity contribution in [3.63, 3.8) is 0 Å². The second kappa shape index (κ2) is 5.25. The van der Waals surface area contributed by atoms with Gasteiger partial charge in [0.05, 0.1) is 11.7 Å². The molecule has 3 unspecified atom stereocenters. The van der Waals surface area contributed by atoms with E-state index in [9.17, 15) is 0 Å². The molecule has 17 heavy (non-hydrogen) atoms. The van der Waals surface area contributed by atoms with E-state index in [1.807, 2.05) is 0 Å². The van der Waals surface area contributed by atoms with Gasteiger partial charge in [0, 0.05) is 19.1 Å². The van der Waals surface area contributed by atoms with Gasteiger partial charge in [-0.3, -0.25) is 4.90 Å². The highest BCUT2D eigenvalue weighted by Gasteiger charge is 2.37. The smallest absolute Gasteiger partial charge is 0.0757 e. The second-order valence-electron chi connectivity index (χ2n) is 6.47. The van der Waals surface area contributed by atoms with Crippen molar-refractivity contribution in [2.75, 3.05) is 19.6 Å². The van der Waals surface area contributed by atoms with Crippen LogP contribution in [0.1, 0.15) is 46.5 Å². The van der Waals surface area contributed by atoms with Gasteiger partial charge in [-0.05, 0) is 46.1 Å². The molecule has 2 fully saturated rings. The first-order valence-corrected chi connectivity index (χ1v) is 7.14. The average molecular weight is 240 g/mol. The molecule has 1 aliphatic carbocycles. The zero-order valence-electron chi connectivity index (χ0n) is 11.6. The topological polar surface area (TPSA) is 38.5 Å². The molecule has 0 radical (unpaired) electrons. The van der Waals surface area contributed by atoms with Gasteiger partial charge in [0.25, 0.3) is 0 Å². The third-order valence-corrected chi connectivity index (χ3v) is 4.24. The molecule has 3 atom stereocenters. The number of nitrogens with zero attached hydrogens (tertiary/aromatic N) is 1. The maximum Gasteiger partial charge on any atom is 0.0757 e. The molecule has 1 aliphatic heterocycles. The molecule has 0 amide bonds. The lowest BCUT2D eigenvalue weighted by atomic mass is 9.82. The van der Waals surface area contributed by atoms with E-state index in [0.717, 1.165) is 19.6 Å². The third kappa shape index (κ3) is 3.21. The van der Waals surface area contributed by atoms with Crippen LogP contribution in [-0.2, 0) is 4.74 Å². The summed E-state index contributed by atoms with van der Waals surface area (Å²) in [5.74, 6) is 0.699. The minimum atomic E-state index is -0.00569. The van der Waals surface area contributed by atoms with Crippen molar-refractivity contribution in [1.29, 1.82) is 0 Å². The Balaban J connectivity index is 2.04. The molecule has 2 N–H and O–H groups in total. The fourth-order valence-corrected chi connectivity index (χ4v) is 3.70. The fraction of sp³-hybridized carbons (Fsp3) is 1.00. The highest BCUT2D eigenvalue weighted by molar-refractivity contribution is 4.91. The van der Waals surface area contributed by atoms with Gasteiger partial charge in [0.2, 0.25) is 0 Å². The standard InChI is InChI=1S/C14H28N2O/c1-11-9-16(10-14(2,3)17-11)13-7-5-4-6-12(13)8-15/h11-13H,4-10,15H2,1-3H3. The third-order valence-electron chi connectivity index (χ3n) is 4.24.